The standard InChI is InChI=1S/C14H19F3N4O2/c15-14(16,17)23-12-4-2-1-3-11(12)20-13(18)19-5-6-21-7-9-22-10-8-21/h1-4H,5-10H2,(H3,18,19,20). The van der Waals surface area contributed by atoms with E-state index in [1.54, 1.807) is 6.07 Å². The van der Waals surface area contributed by atoms with Crippen LogP contribution in [0.3, 0.4) is 0 Å². The lowest BCUT2D eigenvalue weighted by Gasteiger charge is -2.25. The van der Waals surface area contributed by atoms with E-state index in [9.17, 15) is 13.2 Å². The van der Waals surface area contributed by atoms with E-state index in [1.807, 2.05) is 0 Å². The maximum absolute atomic E-state index is 12.3. The van der Waals surface area contributed by atoms with Crippen molar-refractivity contribution in [3.8, 4) is 5.75 Å². The maximum Gasteiger partial charge on any atom is 0.573 e. The fourth-order valence-corrected chi connectivity index (χ4v) is 2.10. The molecule has 0 atom stereocenters. The van der Waals surface area contributed by atoms with E-state index in [4.69, 9.17) is 10.5 Å². The number of para-hydroxylation sites is 2. The molecule has 9 heteroatoms. The molecular weight excluding hydrogens is 313 g/mol. The van der Waals surface area contributed by atoms with Crippen molar-refractivity contribution in [3.05, 3.63) is 24.3 Å². The minimum Gasteiger partial charge on any atom is -0.404 e. The van der Waals surface area contributed by atoms with Crippen molar-refractivity contribution >= 4 is 11.6 Å². The monoisotopic (exact) mass is 332 g/mol. The highest BCUT2D eigenvalue weighted by Crippen LogP contribution is 2.29. The topological polar surface area (TPSA) is 72.1 Å². The van der Waals surface area contributed by atoms with Crippen LogP contribution < -0.4 is 15.8 Å². The Balaban J connectivity index is 1.88. The minimum absolute atomic E-state index is 0.0384. The average molecular weight is 332 g/mol. The Labute approximate surface area is 132 Å². The van der Waals surface area contributed by atoms with Crippen molar-refractivity contribution in [3.63, 3.8) is 0 Å². The van der Waals surface area contributed by atoms with Crippen molar-refractivity contribution in [1.82, 2.24) is 4.90 Å². The molecule has 0 spiro atoms. The number of halogens is 3. The number of alkyl halides is 3. The Kier molecular flexibility index (Phi) is 6.05. The number of aliphatic imine (C=N–C) groups is 1. The molecule has 1 aliphatic rings. The molecule has 0 aliphatic carbocycles. The van der Waals surface area contributed by atoms with Gasteiger partial charge in [-0.1, -0.05) is 12.1 Å². The van der Waals surface area contributed by atoms with Gasteiger partial charge in [-0.2, -0.15) is 0 Å². The molecule has 3 N–H and O–H groups in total. The van der Waals surface area contributed by atoms with Gasteiger partial charge in [0.2, 0.25) is 0 Å². The summed E-state index contributed by atoms with van der Waals surface area (Å²) in [7, 11) is 0. The SMILES string of the molecule is NC(=NCCN1CCOCC1)Nc1ccccc1OC(F)(F)F. The Morgan fingerprint density at radius 2 is 2.00 bits per heavy atom. The van der Waals surface area contributed by atoms with E-state index in [0.29, 0.717) is 26.3 Å². The smallest absolute Gasteiger partial charge is 0.404 e. The third-order valence-electron chi connectivity index (χ3n) is 3.18. The van der Waals surface area contributed by atoms with E-state index >= 15 is 0 Å². The third-order valence-corrected chi connectivity index (χ3v) is 3.18. The molecule has 0 unspecified atom stereocenters. The first-order valence-corrected chi connectivity index (χ1v) is 7.16. The number of nitrogens with one attached hydrogen (secondary N) is 1. The van der Waals surface area contributed by atoms with E-state index < -0.39 is 6.36 Å². The molecule has 6 nitrogen and oxygen atoms in total. The summed E-state index contributed by atoms with van der Waals surface area (Å²) in [6.45, 7) is 4.23. The Hall–Kier alpha value is -2.00. The quantitative estimate of drug-likeness (QED) is 0.634. The lowest BCUT2D eigenvalue weighted by atomic mass is 10.3. The highest BCUT2D eigenvalue weighted by molar-refractivity contribution is 5.93. The number of guanidine groups is 1. The fourth-order valence-electron chi connectivity index (χ4n) is 2.10. The molecule has 1 aromatic rings. The van der Waals surface area contributed by atoms with E-state index in [0.717, 1.165) is 13.1 Å². The van der Waals surface area contributed by atoms with E-state index in [2.05, 4.69) is 19.9 Å². The zero-order valence-corrected chi connectivity index (χ0v) is 12.5. The molecule has 23 heavy (non-hydrogen) atoms. The Morgan fingerprint density at radius 1 is 1.30 bits per heavy atom. The third kappa shape index (κ3) is 6.33. The maximum atomic E-state index is 12.3. The summed E-state index contributed by atoms with van der Waals surface area (Å²) in [5.41, 5.74) is 5.82. The van der Waals surface area contributed by atoms with Crippen LogP contribution in [0.15, 0.2) is 29.3 Å². The molecule has 0 saturated carbocycles. The lowest BCUT2D eigenvalue weighted by molar-refractivity contribution is -0.274. The summed E-state index contributed by atoms with van der Waals surface area (Å²) in [6.07, 6.45) is -4.76. The molecule has 1 aromatic carbocycles. The molecule has 1 heterocycles. The van der Waals surface area contributed by atoms with Gasteiger partial charge in [-0.3, -0.25) is 9.89 Å². The van der Waals surface area contributed by atoms with Crippen LogP contribution in [0.5, 0.6) is 5.75 Å². The van der Waals surface area contributed by atoms with Gasteiger partial charge in [0.25, 0.3) is 0 Å². The normalized spacial score (nSPS) is 17.1. The number of hydrogen-bond acceptors (Lipinski definition) is 4. The van der Waals surface area contributed by atoms with Crippen LogP contribution in [-0.4, -0.2) is 56.6 Å². The van der Waals surface area contributed by atoms with Gasteiger partial charge >= 0.3 is 6.36 Å². The summed E-state index contributed by atoms with van der Waals surface area (Å²) in [6, 6.07) is 5.66. The van der Waals surface area contributed by atoms with Crippen LogP contribution in [0.1, 0.15) is 0 Å². The van der Waals surface area contributed by atoms with Crippen molar-refractivity contribution in [2.75, 3.05) is 44.7 Å². The highest BCUT2D eigenvalue weighted by Gasteiger charge is 2.32. The predicted molar refractivity (Wildman–Crippen MR) is 80.5 cm³/mol. The van der Waals surface area contributed by atoms with Crippen LogP contribution in [0.4, 0.5) is 18.9 Å². The van der Waals surface area contributed by atoms with Gasteiger partial charge in [-0.15, -0.1) is 13.2 Å². The number of benzene rings is 1. The zero-order valence-electron chi connectivity index (χ0n) is 12.5. The number of ether oxygens (including phenoxy) is 2. The average Bonchev–Trinajstić information content (AvgIpc) is 2.49. The van der Waals surface area contributed by atoms with Gasteiger partial charge < -0.3 is 20.5 Å². The molecule has 1 saturated heterocycles. The lowest BCUT2D eigenvalue weighted by Crippen LogP contribution is -2.38. The van der Waals surface area contributed by atoms with Crippen molar-refractivity contribution < 1.29 is 22.6 Å². The molecule has 0 bridgehead atoms. The van der Waals surface area contributed by atoms with Gasteiger partial charge in [0, 0.05) is 19.6 Å². The van der Waals surface area contributed by atoms with Crippen LogP contribution in [0, 0.1) is 0 Å². The van der Waals surface area contributed by atoms with E-state index in [1.165, 1.54) is 18.2 Å². The number of rotatable bonds is 5. The summed E-state index contributed by atoms with van der Waals surface area (Å²) in [5.74, 6) is -0.317. The van der Waals surface area contributed by atoms with Crippen LogP contribution in [0.25, 0.3) is 0 Å². The van der Waals surface area contributed by atoms with Crippen molar-refractivity contribution in [2.24, 2.45) is 10.7 Å². The second-order valence-corrected chi connectivity index (χ2v) is 4.89. The molecule has 2 rings (SSSR count). The number of anilines is 1. The fraction of sp³-hybridized carbons (Fsp3) is 0.500. The first kappa shape index (κ1) is 17.4. The van der Waals surface area contributed by atoms with Crippen LogP contribution >= 0.6 is 0 Å². The van der Waals surface area contributed by atoms with Crippen LogP contribution in [0.2, 0.25) is 0 Å². The first-order valence-electron chi connectivity index (χ1n) is 7.16. The molecule has 0 aromatic heterocycles. The van der Waals surface area contributed by atoms with Gasteiger partial charge in [0.05, 0.1) is 25.4 Å². The summed E-state index contributed by atoms with van der Waals surface area (Å²) in [5, 5.41) is 2.63. The highest BCUT2D eigenvalue weighted by atomic mass is 19.4. The van der Waals surface area contributed by atoms with Crippen LogP contribution in [-0.2, 0) is 4.74 Å². The molecule has 0 amide bonds. The second kappa shape index (κ2) is 8.02. The van der Waals surface area contributed by atoms with Gasteiger partial charge in [-0.05, 0) is 12.1 Å². The summed E-state index contributed by atoms with van der Waals surface area (Å²) in [4.78, 5) is 6.30. The molecule has 1 fully saturated rings. The number of nitrogens with zero attached hydrogens (tertiary/aromatic N) is 2. The predicted octanol–water partition coefficient (Wildman–Crippen LogP) is 1.64. The van der Waals surface area contributed by atoms with Gasteiger partial charge in [0.1, 0.15) is 0 Å². The Morgan fingerprint density at radius 3 is 2.70 bits per heavy atom. The minimum atomic E-state index is -4.76. The number of morpholine rings is 1. The van der Waals surface area contributed by atoms with Gasteiger partial charge in [0.15, 0.2) is 11.7 Å². The largest absolute Gasteiger partial charge is 0.573 e. The molecule has 128 valence electrons. The first-order chi connectivity index (χ1) is 10.9. The van der Waals surface area contributed by atoms with Crippen molar-refractivity contribution in [2.45, 2.75) is 6.36 Å². The summed E-state index contributed by atoms with van der Waals surface area (Å²) < 4.78 is 46.2. The molecule has 1 aliphatic heterocycles. The molecular formula is C14H19F3N4O2. The number of nitrogens with two attached hydrogens (primary N) is 1. The molecule has 0 radical (unpaired) electrons. The van der Waals surface area contributed by atoms with Crippen molar-refractivity contribution in [1.29, 1.82) is 0 Å². The Bertz CT molecular complexity index is 531. The summed E-state index contributed by atoms with van der Waals surface area (Å²) >= 11 is 0. The number of hydrogen-bond donors (Lipinski definition) is 2. The second-order valence-electron chi connectivity index (χ2n) is 4.89. The van der Waals surface area contributed by atoms with Gasteiger partial charge in [-0.25, -0.2) is 0 Å². The zero-order chi connectivity index (χ0) is 16.7. The van der Waals surface area contributed by atoms with E-state index in [-0.39, 0.29) is 17.4 Å².